The number of ether oxygens (including phenoxy) is 3. The van der Waals surface area contributed by atoms with E-state index in [4.69, 9.17) is 19.9 Å². The molecule has 8 nitrogen and oxygen atoms in total. The van der Waals surface area contributed by atoms with Crippen LogP contribution in [0, 0.1) is 11.3 Å². The fraction of sp³-hybridized carbons (Fsp3) is 0.333. The third-order valence-corrected chi connectivity index (χ3v) is 6.66. The van der Waals surface area contributed by atoms with E-state index in [-0.39, 0.29) is 17.3 Å². The molecule has 0 bridgehead atoms. The standard InChI is InChI=1S/C27H30N4O4/c1-30(2)31-20-11-17(16-9-7-6-8-10-16)12-21(32)26(20)25(19(15-28)27(31)29)18-13-23(34-4)24(35-5)14-22(18)33-3/h6-10,13-14,17,25H,11-12,29H2,1-5H3. The Labute approximate surface area is 205 Å². The van der Waals surface area contributed by atoms with Gasteiger partial charge in [0.05, 0.1) is 38.9 Å². The number of rotatable bonds is 6. The Kier molecular flexibility index (Phi) is 6.72. The first-order valence-corrected chi connectivity index (χ1v) is 11.3. The molecule has 182 valence electrons. The lowest BCUT2D eigenvalue weighted by molar-refractivity contribution is -0.117. The lowest BCUT2D eigenvalue weighted by atomic mass is 9.72. The van der Waals surface area contributed by atoms with E-state index < -0.39 is 5.92 Å². The van der Waals surface area contributed by atoms with Crippen molar-refractivity contribution >= 4 is 5.78 Å². The molecule has 1 aliphatic carbocycles. The minimum absolute atomic E-state index is 0.00860. The van der Waals surface area contributed by atoms with E-state index in [0.717, 1.165) is 11.3 Å². The molecule has 0 fully saturated rings. The van der Waals surface area contributed by atoms with Crippen LogP contribution in [0.1, 0.15) is 35.8 Å². The molecule has 2 unspecified atom stereocenters. The van der Waals surface area contributed by atoms with Gasteiger partial charge < -0.3 is 19.9 Å². The third-order valence-electron chi connectivity index (χ3n) is 6.66. The topological polar surface area (TPSA) is 101 Å². The van der Waals surface area contributed by atoms with Crippen LogP contribution in [0.5, 0.6) is 17.2 Å². The number of carbonyl (C=O) groups excluding carboxylic acids is 1. The molecule has 0 spiro atoms. The number of methoxy groups -OCH3 is 3. The number of hydrazine groups is 1. The zero-order chi connectivity index (χ0) is 25.3. The highest BCUT2D eigenvalue weighted by molar-refractivity contribution is 6.00. The summed E-state index contributed by atoms with van der Waals surface area (Å²) in [6.07, 6.45) is 0.948. The summed E-state index contributed by atoms with van der Waals surface area (Å²) in [5, 5.41) is 13.8. The number of benzene rings is 2. The minimum Gasteiger partial charge on any atom is -0.496 e. The molecule has 35 heavy (non-hydrogen) atoms. The van der Waals surface area contributed by atoms with Gasteiger partial charge in [0.1, 0.15) is 11.6 Å². The van der Waals surface area contributed by atoms with E-state index in [1.165, 1.54) is 0 Å². The van der Waals surface area contributed by atoms with Gasteiger partial charge >= 0.3 is 0 Å². The normalized spacial score (nSPS) is 20.0. The van der Waals surface area contributed by atoms with E-state index in [2.05, 4.69) is 6.07 Å². The van der Waals surface area contributed by atoms with Crippen molar-refractivity contribution in [2.45, 2.75) is 24.7 Å². The molecule has 4 rings (SSSR count). The Morgan fingerprint density at radius 2 is 1.63 bits per heavy atom. The van der Waals surface area contributed by atoms with Crippen molar-refractivity contribution in [1.82, 2.24) is 10.0 Å². The molecule has 0 amide bonds. The van der Waals surface area contributed by atoms with Crippen LogP contribution in [0.4, 0.5) is 0 Å². The molecule has 2 aromatic carbocycles. The van der Waals surface area contributed by atoms with Crippen molar-refractivity contribution < 1.29 is 19.0 Å². The second-order valence-corrected chi connectivity index (χ2v) is 8.75. The van der Waals surface area contributed by atoms with Crippen molar-refractivity contribution in [1.29, 1.82) is 5.26 Å². The van der Waals surface area contributed by atoms with Gasteiger partial charge in [-0.25, -0.2) is 5.01 Å². The van der Waals surface area contributed by atoms with Crippen LogP contribution in [0.15, 0.2) is 65.1 Å². The average Bonchev–Trinajstić information content (AvgIpc) is 2.87. The predicted octanol–water partition coefficient (Wildman–Crippen LogP) is 3.68. The maximum absolute atomic E-state index is 13.8. The smallest absolute Gasteiger partial charge is 0.164 e. The molecule has 0 aromatic heterocycles. The Morgan fingerprint density at radius 1 is 1.00 bits per heavy atom. The molecular formula is C27H30N4O4. The number of hydrogen-bond donors (Lipinski definition) is 1. The van der Waals surface area contributed by atoms with Crippen LogP contribution in [-0.2, 0) is 4.79 Å². The summed E-state index contributed by atoms with van der Waals surface area (Å²) in [6.45, 7) is 0. The summed E-state index contributed by atoms with van der Waals surface area (Å²) >= 11 is 0. The van der Waals surface area contributed by atoms with Gasteiger partial charge in [-0.05, 0) is 24.0 Å². The molecule has 0 radical (unpaired) electrons. The lowest BCUT2D eigenvalue weighted by Crippen LogP contribution is -2.46. The molecule has 2 atom stereocenters. The summed E-state index contributed by atoms with van der Waals surface area (Å²) in [5.74, 6) is 1.04. The number of ketones is 1. The zero-order valence-corrected chi connectivity index (χ0v) is 20.7. The summed E-state index contributed by atoms with van der Waals surface area (Å²) in [7, 11) is 8.32. The second-order valence-electron chi connectivity index (χ2n) is 8.75. The van der Waals surface area contributed by atoms with Gasteiger partial charge in [0.2, 0.25) is 0 Å². The number of Topliss-reactive ketones (excluding diaryl/α,β-unsaturated/α-hetero) is 1. The fourth-order valence-corrected chi connectivity index (χ4v) is 5.12. The van der Waals surface area contributed by atoms with E-state index >= 15 is 0 Å². The van der Waals surface area contributed by atoms with Gasteiger partial charge in [-0.1, -0.05) is 30.3 Å². The summed E-state index contributed by atoms with van der Waals surface area (Å²) in [5.41, 5.74) is 9.97. The molecule has 0 saturated carbocycles. The van der Waals surface area contributed by atoms with Crippen molar-refractivity contribution in [2.24, 2.45) is 5.73 Å². The second kappa shape index (κ2) is 9.72. The molecule has 1 heterocycles. The quantitative estimate of drug-likeness (QED) is 0.677. The largest absolute Gasteiger partial charge is 0.496 e. The number of nitrogens with zero attached hydrogens (tertiary/aromatic N) is 3. The Hall–Kier alpha value is -3.96. The molecule has 2 N–H and O–H groups in total. The molecular weight excluding hydrogens is 444 g/mol. The van der Waals surface area contributed by atoms with Crippen LogP contribution >= 0.6 is 0 Å². The van der Waals surface area contributed by atoms with Crippen molar-refractivity contribution in [3.63, 3.8) is 0 Å². The number of carbonyl (C=O) groups is 1. The number of allylic oxidation sites excluding steroid dienone is 3. The first-order valence-electron chi connectivity index (χ1n) is 11.3. The molecule has 1 aliphatic heterocycles. The summed E-state index contributed by atoms with van der Waals surface area (Å²) in [6, 6.07) is 15.8. The van der Waals surface area contributed by atoms with Gasteiger partial charge in [-0.3, -0.25) is 9.80 Å². The van der Waals surface area contributed by atoms with E-state index in [1.54, 1.807) is 38.5 Å². The lowest BCUT2D eigenvalue weighted by Gasteiger charge is -2.44. The molecule has 2 aliphatic rings. The van der Waals surface area contributed by atoms with Crippen LogP contribution in [-0.4, -0.2) is 51.2 Å². The van der Waals surface area contributed by atoms with Gasteiger partial charge in [-0.15, -0.1) is 0 Å². The van der Waals surface area contributed by atoms with Crippen molar-refractivity contribution in [2.75, 3.05) is 35.4 Å². The van der Waals surface area contributed by atoms with Crippen LogP contribution < -0.4 is 19.9 Å². The van der Waals surface area contributed by atoms with Gasteiger partial charge in [0.25, 0.3) is 0 Å². The average molecular weight is 475 g/mol. The fourth-order valence-electron chi connectivity index (χ4n) is 5.12. The van der Waals surface area contributed by atoms with E-state index in [1.807, 2.05) is 49.4 Å². The van der Waals surface area contributed by atoms with Gasteiger partial charge in [-0.2, -0.15) is 5.26 Å². The van der Waals surface area contributed by atoms with Crippen molar-refractivity contribution in [3.8, 4) is 23.3 Å². The highest BCUT2D eigenvalue weighted by Crippen LogP contribution is 2.51. The predicted molar refractivity (Wildman–Crippen MR) is 132 cm³/mol. The molecule has 8 heteroatoms. The Balaban J connectivity index is 1.96. The third kappa shape index (κ3) is 4.08. The minimum atomic E-state index is -0.690. The maximum atomic E-state index is 13.8. The van der Waals surface area contributed by atoms with Crippen LogP contribution in [0.25, 0.3) is 0 Å². The van der Waals surface area contributed by atoms with Crippen LogP contribution in [0.2, 0.25) is 0 Å². The van der Waals surface area contributed by atoms with Crippen molar-refractivity contribution in [3.05, 3.63) is 76.3 Å². The van der Waals surface area contributed by atoms with E-state index in [0.29, 0.717) is 47.0 Å². The van der Waals surface area contributed by atoms with Gasteiger partial charge in [0.15, 0.2) is 17.3 Å². The first-order chi connectivity index (χ1) is 16.9. The SMILES string of the molecule is COc1cc(OC)c(C2C(C#N)=C(N)N(N(C)C)C3=C2C(=O)CC(c2ccccc2)C3)cc1OC. The number of nitriles is 1. The Morgan fingerprint density at radius 3 is 2.20 bits per heavy atom. The summed E-state index contributed by atoms with van der Waals surface area (Å²) < 4.78 is 16.6. The van der Waals surface area contributed by atoms with Crippen LogP contribution in [0.3, 0.4) is 0 Å². The molecule has 2 aromatic rings. The number of hydrogen-bond acceptors (Lipinski definition) is 8. The summed E-state index contributed by atoms with van der Waals surface area (Å²) in [4.78, 5) is 13.8. The molecule has 0 saturated heterocycles. The number of nitrogens with two attached hydrogens (primary N) is 1. The highest BCUT2D eigenvalue weighted by atomic mass is 16.5. The zero-order valence-electron chi connectivity index (χ0n) is 20.7. The van der Waals surface area contributed by atoms with Gasteiger partial charge in [0, 0.05) is 43.4 Å². The maximum Gasteiger partial charge on any atom is 0.164 e. The first kappa shape index (κ1) is 24.2. The highest BCUT2D eigenvalue weighted by Gasteiger charge is 2.44. The Bertz CT molecular complexity index is 1240. The monoisotopic (exact) mass is 474 g/mol. The van der Waals surface area contributed by atoms with E-state index in [9.17, 15) is 10.1 Å².